The third-order valence-corrected chi connectivity index (χ3v) is 5.00. The second kappa shape index (κ2) is 8.19. The molecule has 0 bridgehead atoms. The highest BCUT2D eigenvalue weighted by atomic mass is 35.5. The van der Waals surface area contributed by atoms with Crippen LogP contribution >= 0.6 is 22.9 Å². The second-order valence-corrected chi connectivity index (χ2v) is 6.70. The summed E-state index contributed by atoms with van der Waals surface area (Å²) in [4.78, 5) is 35.4. The van der Waals surface area contributed by atoms with Gasteiger partial charge in [0.2, 0.25) is 0 Å². The highest BCUT2D eigenvalue weighted by molar-refractivity contribution is 7.21. The summed E-state index contributed by atoms with van der Waals surface area (Å²) >= 11 is 7.06. The van der Waals surface area contributed by atoms with Crippen molar-refractivity contribution in [3.63, 3.8) is 0 Å². The van der Waals surface area contributed by atoms with Crippen LogP contribution in [0.25, 0.3) is 10.1 Å². The van der Waals surface area contributed by atoms with E-state index in [1.807, 2.05) is 5.32 Å². The smallest absolute Gasteiger partial charge is 0.350 e. The molecule has 27 heavy (non-hydrogen) atoms. The molecule has 3 amide bonds. The maximum Gasteiger partial charge on any atom is 0.350 e. The lowest BCUT2D eigenvalue weighted by Crippen LogP contribution is -2.41. The molecule has 2 aromatic heterocycles. The standard InChI is InChI=1S/C17H12ClFN2O5S/c18-14-11-4-3-9(19)6-12(11)27-15(14)16(23)26-8-13(22)21-17(24)20-7-10-2-1-5-25-10/h1-6H,7-8H2,(H2,20,21,22,24). The number of hydrogen-bond acceptors (Lipinski definition) is 6. The third kappa shape index (κ3) is 4.63. The van der Waals surface area contributed by atoms with Crippen molar-refractivity contribution < 1.29 is 27.9 Å². The molecule has 0 saturated carbocycles. The third-order valence-electron chi connectivity index (χ3n) is 3.37. The zero-order chi connectivity index (χ0) is 19.4. The van der Waals surface area contributed by atoms with Crippen molar-refractivity contribution in [3.8, 4) is 0 Å². The molecule has 0 aliphatic heterocycles. The average molecular weight is 411 g/mol. The Kier molecular flexibility index (Phi) is 5.72. The van der Waals surface area contributed by atoms with Gasteiger partial charge in [-0.2, -0.15) is 0 Å². The minimum absolute atomic E-state index is 0.0485. The molecule has 140 valence electrons. The first-order valence-electron chi connectivity index (χ1n) is 7.59. The lowest BCUT2D eigenvalue weighted by atomic mass is 10.2. The van der Waals surface area contributed by atoms with Gasteiger partial charge in [0.15, 0.2) is 6.61 Å². The summed E-state index contributed by atoms with van der Waals surface area (Å²) in [6.07, 6.45) is 1.45. The Morgan fingerprint density at radius 1 is 1.26 bits per heavy atom. The van der Waals surface area contributed by atoms with E-state index in [9.17, 15) is 18.8 Å². The van der Waals surface area contributed by atoms with Crippen molar-refractivity contribution in [2.75, 3.05) is 6.61 Å². The molecule has 0 fully saturated rings. The Bertz CT molecular complexity index is 1000. The Balaban J connectivity index is 1.52. The number of ether oxygens (including phenoxy) is 1. The summed E-state index contributed by atoms with van der Waals surface area (Å²) in [5.41, 5.74) is 0. The minimum Gasteiger partial charge on any atom is -0.467 e. The SMILES string of the molecule is O=C(COC(=O)c1sc2cc(F)ccc2c1Cl)NC(=O)NCc1ccco1. The molecule has 3 aromatic rings. The summed E-state index contributed by atoms with van der Waals surface area (Å²) in [5.74, 6) is -1.60. The average Bonchev–Trinajstić information content (AvgIpc) is 3.26. The van der Waals surface area contributed by atoms with E-state index < -0.39 is 30.3 Å². The number of rotatable bonds is 5. The van der Waals surface area contributed by atoms with Gasteiger partial charge in [0.1, 0.15) is 16.5 Å². The Hall–Kier alpha value is -2.91. The highest BCUT2D eigenvalue weighted by Crippen LogP contribution is 2.36. The molecule has 2 heterocycles. The summed E-state index contributed by atoms with van der Waals surface area (Å²) in [6.45, 7) is -0.578. The minimum atomic E-state index is -0.840. The number of esters is 1. The number of nitrogens with one attached hydrogen (secondary N) is 2. The predicted octanol–water partition coefficient (Wildman–Crippen LogP) is 3.47. The molecule has 0 unspecified atom stereocenters. The zero-order valence-corrected chi connectivity index (χ0v) is 15.2. The maximum atomic E-state index is 13.3. The van der Waals surface area contributed by atoms with Crippen LogP contribution in [-0.4, -0.2) is 24.5 Å². The number of thiophene rings is 1. The first-order valence-corrected chi connectivity index (χ1v) is 8.78. The number of carbonyl (C=O) groups excluding carboxylic acids is 3. The van der Waals surface area contributed by atoms with Gasteiger partial charge in [-0.15, -0.1) is 11.3 Å². The molecule has 2 N–H and O–H groups in total. The van der Waals surface area contributed by atoms with E-state index in [4.69, 9.17) is 20.8 Å². The quantitative estimate of drug-likeness (QED) is 0.628. The molecule has 0 atom stereocenters. The summed E-state index contributed by atoms with van der Waals surface area (Å²) < 4.78 is 23.6. The van der Waals surface area contributed by atoms with Crippen LogP contribution < -0.4 is 10.6 Å². The summed E-state index contributed by atoms with van der Waals surface area (Å²) in [6, 6.07) is 6.49. The van der Waals surface area contributed by atoms with Gasteiger partial charge >= 0.3 is 12.0 Å². The van der Waals surface area contributed by atoms with E-state index in [0.29, 0.717) is 15.8 Å². The fraction of sp³-hybridized carbons (Fsp3) is 0.118. The molecule has 10 heteroatoms. The van der Waals surface area contributed by atoms with E-state index in [1.165, 1.54) is 24.5 Å². The topological polar surface area (TPSA) is 97.6 Å². The lowest BCUT2D eigenvalue weighted by Gasteiger charge is -2.06. The normalized spacial score (nSPS) is 10.6. The Morgan fingerprint density at radius 3 is 2.81 bits per heavy atom. The predicted molar refractivity (Wildman–Crippen MR) is 96.2 cm³/mol. The van der Waals surface area contributed by atoms with Crippen molar-refractivity contribution in [1.29, 1.82) is 0 Å². The first kappa shape index (κ1) is 18.9. The van der Waals surface area contributed by atoms with Gasteiger partial charge in [-0.25, -0.2) is 14.0 Å². The van der Waals surface area contributed by atoms with Gasteiger partial charge in [0, 0.05) is 10.1 Å². The fourth-order valence-electron chi connectivity index (χ4n) is 2.15. The molecule has 3 rings (SSSR count). The van der Waals surface area contributed by atoms with E-state index in [1.54, 1.807) is 12.1 Å². The molecule has 0 spiro atoms. The highest BCUT2D eigenvalue weighted by Gasteiger charge is 2.20. The van der Waals surface area contributed by atoms with Gasteiger partial charge in [0.05, 0.1) is 17.8 Å². The molecule has 1 aromatic carbocycles. The van der Waals surface area contributed by atoms with E-state index in [-0.39, 0.29) is 16.4 Å². The molecule has 0 saturated heterocycles. The maximum absolute atomic E-state index is 13.3. The zero-order valence-electron chi connectivity index (χ0n) is 13.6. The molecule has 0 aliphatic carbocycles. The Morgan fingerprint density at radius 2 is 2.07 bits per heavy atom. The van der Waals surface area contributed by atoms with Crippen LogP contribution in [0.2, 0.25) is 5.02 Å². The lowest BCUT2D eigenvalue weighted by molar-refractivity contribution is -0.123. The summed E-state index contributed by atoms with van der Waals surface area (Å²) in [7, 11) is 0. The number of furan rings is 1. The van der Waals surface area contributed by atoms with Gasteiger partial charge in [-0.1, -0.05) is 11.6 Å². The van der Waals surface area contributed by atoms with Gasteiger partial charge in [-0.05, 0) is 30.3 Å². The van der Waals surface area contributed by atoms with Crippen molar-refractivity contribution in [2.24, 2.45) is 0 Å². The Labute approximate surface area is 161 Å². The number of carbonyl (C=O) groups is 3. The first-order chi connectivity index (χ1) is 12.9. The fourth-order valence-corrected chi connectivity index (χ4v) is 3.58. The van der Waals surface area contributed by atoms with Crippen LogP contribution in [-0.2, 0) is 16.1 Å². The molecule has 7 nitrogen and oxygen atoms in total. The number of urea groups is 1. The molecular weight excluding hydrogens is 399 g/mol. The molecular formula is C17H12ClFN2O5S. The van der Waals surface area contributed by atoms with Crippen molar-refractivity contribution in [1.82, 2.24) is 10.6 Å². The number of benzene rings is 1. The number of hydrogen-bond donors (Lipinski definition) is 2. The van der Waals surface area contributed by atoms with Crippen molar-refractivity contribution >= 4 is 50.9 Å². The summed E-state index contributed by atoms with van der Waals surface area (Å²) in [5, 5.41) is 5.05. The van der Waals surface area contributed by atoms with Crippen LogP contribution in [0.3, 0.4) is 0 Å². The van der Waals surface area contributed by atoms with Crippen LogP contribution in [0, 0.1) is 5.82 Å². The van der Waals surface area contributed by atoms with Crippen LogP contribution in [0.4, 0.5) is 9.18 Å². The van der Waals surface area contributed by atoms with Gasteiger partial charge in [-0.3, -0.25) is 10.1 Å². The van der Waals surface area contributed by atoms with Crippen LogP contribution in [0.1, 0.15) is 15.4 Å². The van der Waals surface area contributed by atoms with E-state index in [2.05, 4.69) is 5.32 Å². The number of imide groups is 1. The number of amides is 3. The monoisotopic (exact) mass is 410 g/mol. The molecule has 0 radical (unpaired) electrons. The van der Waals surface area contributed by atoms with Crippen molar-refractivity contribution in [2.45, 2.75) is 6.54 Å². The number of fused-ring (bicyclic) bond motifs is 1. The van der Waals surface area contributed by atoms with Gasteiger partial charge < -0.3 is 14.5 Å². The van der Waals surface area contributed by atoms with Gasteiger partial charge in [0.25, 0.3) is 5.91 Å². The van der Waals surface area contributed by atoms with E-state index in [0.717, 1.165) is 11.3 Å². The second-order valence-electron chi connectivity index (χ2n) is 5.27. The van der Waals surface area contributed by atoms with E-state index >= 15 is 0 Å². The molecule has 0 aliphatic rings. The van der Waals surface area contributed by atoms with Crippen LogP contribution in [0.5, 0.6) is 0 Å². The van der Waals surface area contributed by atoms with Crippen molar-refractivity contribution in [3.05, 3.63) is 58.1 Å². The van der Waals surface area contributed by atoms with Crippen LogP contribution in [0.15, 0.2) is 41.0 Å². The largest absolute Gasteiger partial charge is 0.467 e. The number of halogens is 2.